The highest BCUT2D eigenvalue weighted by molar-refractivity contribution is 8.27. The molecule has 1 aliphatic rings. The Balaban J connectivity index is 1.91. The summed E-state index contributed by atoms with van der Waals surface area (Å²) < 4.78 is 6.12. The van der Waals surface area contributed by atoms with Crippen LogP contribution in [0.1, 0.15) is 5.56 Å². The van der Waals surface area contributed by atoms with Gasteiger partial charge in [0.15, 0.2) is 4.32 Å². The first-order chi connectivity index (χ1) is 11.7. The van der Waals surface area contributed by atoms with Gasteiger partial charge in [-0.1, -0.05) is 54.8 Å². The highest BCUT2D eigenvalue weighted by atomic mass is 32.2. The molecule has 24 heavy (non-hydrogen) atoms. The zero-order chi connectivity index (χ0) is 16.9. The van der Waals surface area contributed by atoms with Gasteiger partial charge in [0.1, 0.15) is 12.4 Å². The SMILES string of the molecule is C=CCOc1ccccc1/C=C1\SC(=S)N(c2cccnc2)C1=O. The van der Waals surface area contributed by atoms with Crippen LogP contribution in [0.4, 0.5) is 5.69 Å². The second kappa shape index (κ2) is 7.42. The first-order valence-electron chi connectivity index (χ1n) is 7.21. The molecule has 4 nitrogen and oxygen atoms in total. The molecule has 120 valence electrons. The van der Waals surface area contributed by atoms with E-state index in [1.807, 2.05) is 30.3 Å². The van der Waals surface area contributed by atoms with Crippen LogP contribution in [0.15, 0.2) is 66.4 Å². The lowest BCUT2D eigenvalue weighted by Gasteiger charge is -2.13. The zero-order valence-electron chi connectivity index (χ0n) is 12.7. The number of ether oxygens (including phenoxy) is 1. The summed E-state index contributed by atoms with van der Waals surface area (Å²) in [5, 5.41) is 0. The van der Waals surface area contributed by atoms with Gasteiger partial charge in [0.25, 0.3) is 5.91 Å². The summed E-state index contributed by atoms with van der Waals surface area (Å²) in [7, 11) is 0. The van der Waals surface area contributed by atoms with Crippen LogP contribution in [0.2, 0.25) is 0 Å². The van der Waals surface area contributed by atoms with Gasteiger partial charge in [0.2, 0.25) is 0 Å². The number of rotatable bonds is 5. The van der Waals surface area contributed by atoms with Crippen molar-refractivity contribution >= 4 is 46.0 Å². The fraction of sp³-hybridized carbons (Fsp3) is 0.0556. The summed E-state index contributed by atoms with van der Waals surface area (Å²) in [5.41, 5.74) is 1.49. The number of thioether (sulfide) groups is 1. The number of anilines is 1. The van der Waals surface area contributed by atoms with Gasteiger partial charge < -0.3 is 4.74 Å². The van der Waals surface area contributed by atoms with Crippen molar-refractivity contribution in [2.24, 2.45) is 0 Å². The van der Waals surface area contributed by atoms with Crippen LogP contribution < -0.4 is 9.64 Å². The summed E-state index contributed by atoms with van der Waals surface area (Å²) in [5.74, 6) is 0.542. The van der Waals surface area contributed by atoms with E-state index in [9.17, 15) is 4.79 Å². The molecule has 0 bridgehead atoms. The van der Waals surface area contributed by atoms with Gasteiger partial charge in [-0.3, -0.25) is 14.7 Å². The van der Waals surface area contributed by atoms with Crippen LogP contribution in [0, 0.1) is 0 Å². The third-order valence-electron chi connectivity index (χ3n) is 3.26. The Kier molecular flexibility index (Phi) is 5.08. The van der Waals surface area contributed by atoms with E-state index in [0.717, 1.165) is 5.56 Å². The number of amides is 1. The second-order valence-corrected chi connectivity index (χ2v) is 6.54. The Morgan fingerprint density at radius 2 is 2.12 bits per heavy atom. The molecular weight excluding hydrogens is 340 g/mol. The van der Waals surface area contributed by atoms with Crippen molar-refractivity contribution in [2.45, 2.75) is 0 Å². The minimum atomic E-state index is -0.156. The lowest BCUT2D eigenvalue weighted by atomic mass is 10.2. The average molecular weight is 354 g/mol. The maximum atomic E-state index is 12.7. The van der Waals surface area contributed by atoms with Crippen LogP contribution >= 0.6 is 24.0 Å². The van der Waals surface area contributed by atoms with Crippen LogP contribution in [-0.2, 0) is 4.79 Å². The van der Waals surface area contributed by atoms with E-state index in [2.05, 4.69) is 11.6 Å². The van der Waals surface area contributed by atoms with Crippen molar-refractivity contribution in [1.29, 1.82) is 0 Å². The van der Waals surface area contributed by atoms with Gasteiger partial charge in [-0.05, 0) is 24.3 Å². The van der Waals surface area contributed by atoms with E-state index in [0.29, 0.717) is 27.3 Å². The standard InChI is InChI=1S/C18H14N2O2S2/c1-2-10-22-15-8-4-3-6-13(15)11-16-17(21)20(18(23)24-16)14-7-5-9-19-12-14/h2-9,11-12H,1,10H2/b16-11-. The first-order valence-corrected chi connectivity index (χ1v) is 8.44. The van der Waals surface area contributed by atoms with E-state index in [-0.39, 0.29) is 5.91 Å². The molecule has 1 aromatic heterocycles. The van der Waals surface area contributed by atoms with Gasteiger partial charge in [0.05, 0.1) is 16.8 Å². The van der Waals surface area contributed by atoms with Crippen molar-refractivity contribution in [2.75, 3.05) is 11.5 Å². The number of thiocarbonyl (C=S) groups is 1. The molecule has 0 unspecified atom stereocenters. The quantitative estimate of drug-likeness (QED) is 0.460. The zero-order valence-corrected chi connectivity index (χ0v) is 14.3. The van der Waals surface area contributed by atoms with Gasteiger partial charge in [-0.2, -0.15) is 0 Å². The van der Waals surface area contributed by atoms with Gasteiger partial charge in [-0.15, -0.1) is 0 Å². The number of pyridine rings is 1. The minimum absolute atomic E-state index is 0.156. The summed E-state index contributed by atoms with van der Waals surface area (Å²) in [6.07, 6.45) is 6.76. The fourth-order valence-corrected chi connectivity index (χ4v) is 3.49. The van der Waals surface area contributed by atoms with E-state index < -0.39 is 0 Å². The maximum absolute atomic E-state index is 12.7. The molecule has 1 fully saturated rings. The van der Waals surface area contributed by atoms with Crippen LogP contribution in [0.3, 0.4) is 0 Å². The molecule has 0 aliphatic carbocycles. The molecule has 0 N–H and O–H groups in total. The predicted octanol–water partition coefficient (Wildman–Crippen LogP) is 4.05. The monoisotopic (exact) mass is 354 g/mol. The normalized spacial score (nSPS) is 15.8. The Morgan fingerprint density at radius 1 is 1.29 bits per heavy atom. The Morgan fingerprint density at radius 3 is 2.88 bits per heavy atom. The molecule has 3 rings (SSSR count). The summed E-state index contributed by atoms with van der Waals surface area (Å²) in [6.45, 7) is 4.05. The molecule has 0 saturated carbocycles. The second-order valence-electron chi connectivity index (χ2n) is 4.87. The topological polar surface area (TPSA) is 42.4 Å². The Labute approximate surface area is 149 Å². The van der Waals surface area contributed by atoms with Crippen molar-refractivity contribution in [1.82, 2.24) is 4.98 Å². The molecule has 1 aromatic carbocycles. The number of aromatic nitrogens is 1. The van der Waals surface area contributed by atoms with E-state index in [4.69, 9.17) is 17.0 Å². The van der Waals surface area contributed by atoms with Gasteiger partial charge >= 0.3 is 0 Å². The smallest absolute Gasteiger partial charge is 0.270 e. The number of hydrogen-bond donors (Lipinski definition) is 0. The van der Waals surface area contributed by atoms with Crippen LogP contribution in [0.5, 0.6) is 5.75 Å². The van der Waals surface area contributed by atoms with E-state index in [1.165, 1.54) is 16.7 Å². The molecule has 0 radical (unpaired) electrons. The summed E-state index contributed by atoms with van der Waals surface area (Å²) in [4.78, 5) is 18.8. The third-order valence-corrected chi connectivity index (χ3v) is 4.56. The Bertz CT molecular complexity index is 819. The number of para-hydroxylation sites is 1. The van der Waals surface area contributed by atoms with Gasteiger partial charge in [-0.25, -0.2) is 0 Å². The predicted molar refractivity (Wildman–Crippen MR) is 102 cm³/mol. The van der Waals surface area contributed by atoms with Crippen molar-refractivity contribution in [3.05, 3.63) is 71.9 Å². The average Bonchev–Trinajstić information content (AvgIpc) is 2.88. The largest absolute Gasteiger partial charge is 0.489 e. The van der Waals surface area contributed by atoms with Gasteiger partial charge in [0, 0.05) is 11.8 Å². The lowest BCUT2D eigenvalue weighted by molar-refractivity contribution is -0.113. The third kappa shape index (κ3) is 3.39. The number of carbonyl (C=O) groups is 1. The molecule has 0 atom stereocenters. The molecule has 0 spiro atoms. The molecule has 2 aromatic rings. The van der Waals surface area contributed by atoms with E-state index in [1.54, 1.807) is 30.6 Å². The van der Waals surface area contributed by atoms with Crippen LogP contribution in [0.25, 0.3) is 6.08 Å². The molecular formula is C18H14N2O2S2. The maximum Gasteiger partial charge on any atom is 0.270 e. The molecule has 1 aliphatic heterocycles. The van der Waals surface area contributed by atoms with Crippen LogP contribution in [-0.4, -0.2) is 21.8 Å². The number of benzene rings is 1. The van der Waals surface area contributed by atoms with E-state index >= 15 is 0 Å². The fourth-order valence-electron chi connectivity index (χ4n) is 2.20. The molecule has 6 heteroatoms. The number of hydrogen-bond acceptors (Lipinski definition) is 5. The highest BCUT2D eigenvalue weighted by Gasteiger charge is 2.33. The number of nitrogens with zero attached hydrogens (tertiary/aromatic N) is 2. The molecule has 2 heterocycles. The lowest BCUT2D eigenvalue weighted by Crippen LogP contribution is -2.27. The number of carbonyl (C=O) groups excluding carboxylic acids is 1. The van der Waals surface area contributed by atoms with Crippen molar-refractivity contribution < 1.29 is 9.53 Å². The highest BCUT2D eigenvalue weighted by Crippen LogP contribution is 2.36. The van der Waals surface area contributed by atoms with Crippen molar-refractivity contribution in [3.8, 4) is 5.75 Å². The first kappa shape index (κ1) is 16.4. The molecule has 1 saturated heterocycles. The Hall–Kier alpha value is -2.44. The minimum Gasteiger partial charge on any atom is -0.489 e. The summed E-state index contributed by atoms with van der Waals surface area (Å²) >= 11 is 6.62. The molecule has 1 amide bonds. The van der Waals surface area contributed by atoms with Crippen molar-refractivity contribution in [3.63, 3.8) is 0 Å². The summed E-state index contributed by atoms with van der Waals surface area (Å²) in [6, 6.07) is 11.1.